The molecule has 0 amide bonds. The molecule has 1 atom stereocenters. The number of imidazole rings is 1. The molecular weight excluding hydrogens is 522 g/mol. The molecule has 0 fully saturated rings. The van der Waals surface area contributed by atoms with Crippen LogP contribution in [-0.2, 0) is 23.6 Å². The monoisotopic (exact) mass is 547 g/mol. The summed E-state index contributed by atoms with van der Waals surface area (Å²) >= 11 is 1.15. The molecule has 11 nitrogen and oxygen atoms in total. The van der Waals surface area contributed by atoms with Gasteiger partial charge in [0, 0.05) is 26.2 Å². The molecule has 2 aromatic heterocycles. The number of rotatable bonds is 5. The zero-order valence-electron chi connectivity index (χ0n) is 21.9. The van der Waals surface area contributed by atoms with Crippen molar-refractivity contribution in [1.82, 2.24) is 13.7 Å². The average Bonchev–Trinajstić information content (AvgIpc) is 3.30. The van der Waals surface area contributed by atoms with Crippen molar-refractivity contribution < 1.29 is 14.5 Å². The highest BCUT2D eigenvalue weighted by Crippen LogP contribution is 2.32. The summed E-state index contributed by atoms with van der Waals surface area (Å²) in [5.74, 6) is -0.646. The van der Waals surface area contributed by atoms with Crippen LogP contribution in [0.2, 0.25) is 0 Å². The lowest BCUT2D eigenvalue weighted by atomic mass is 9.95. The van der Waals surface area contributed by atoms with Gasteiger partial charge in [-0.15, -0.1) is 0 Å². The maximum absolute atomic E-state index is 13.8. The topological polar surface area (TPSA) is 131 Å². The van der Waals surface area contributed by atoms with Crippen LogP contribution in [-0.4, -0.2) is 30.7 Å². The van der Waals surface area contributed by atoms with Crippen LogP contribution in [0.4, 0.5) is 5.69 Å². The first-order valence-corrected chi connectivity index (χ1v) is 12.9. The molecule has 0 unspecified atom stereocenters. The molecule has 0 bridgehead atoms. The van der Waals surface area contributed by atoms with E-state index in [1.165, 1.54) is 27.3 Å². The quantitative estimate of drug-likeness (QED) is 0.214. The largest absolute Gasteiger partial charge is 0.459 e. The van der Waals surface area contributed by atoms with Gasteiger partial charge in [0.25, 0.3) is 11.2 Å². The van der Waals surface area contributed by atoms with Crippen LogP contribution >= 0.6 is 11.3 Å². The molecule has 0 aliphatic carbocycles. The number of aromatic nitrogens is 3. The van der Waals surface area contributed by atoms with Crippen LogP contribution in [0.5, 0.6) is 0 Å². The maximum Gasteiger partial charge on any atom is 0.338 e. The summed E-state index contributed by atoms with van der Waals surface area (Å²) in [5.41, 5.74) is 2.36. The Bertz CT molecular complexity index is 1960. The number of esters is 1. The number of hydrogen-bond acceptors (Lipinski definition) is 8. The van der Waals surface area contributed by atoms with E-state index >= 15 is 0 Å². The Labute approximate surface area is 225 Å². The average molecular weight is 548 g/mol. The van der Waals surface area contributed by atoms with E-state index in [0.29, 0.717) is 31.7 Å². The van der Waals surface area contributed by atoms with Crippen molar-refractivity contribution in [3.05, 3.63) is 105 Å². The Morgan fingerprint density at radius 1 is 1.13 bits per heavy atom. The minimum atomic E-state index is -0.966. The molecule has 0 N–H and O–H groups in total. The molecule has 4 aromatic rings. The van der Waals surface area contributed by atoms with Crippen molar-refractivity contribution in [3.8, 4) is 0 Å². The number of non-ortho nitro benzene ring substituents is 1. The van der Waals surface area contributed by atoms with Crippen molar-refractivity contribution in [1.29, 1.82) is 0 Å². The lowest BCUT2D eigenvalue weighted by Crippen LogP contribution is -2.40. The SMILES string of the molecule is CC1=C(C(=O)OC(C)C)[C@@H](c2cccc([N+](=O)[O-])c2)n2c(s/c(=C\c3ccc4c(c3)n(C)c(=O)n4C)c2=O)=N1. The van der Waals surface area contributed by atoms with Gasteiger partial charge in [-0.1, -0.05) is 29.5 Å². The summed E-state index contributed by atoms with van der Waals surface area (Å²) < 4.78 is 10.3. The van der Waals surface area contributed by atoms with Crippen LogP contribution in [0.25, 0.3) is 17.1 Å². The molecule has 200 valence electrons. The number of thiazole rings is 1. The molecule has 0 saturated heterocycles. The van der Waals surface area contributed by atoms with Gasteiger partial charge in [-0.2, -0.15) is 0 Å². The highest BCUT2D eigenvalue weighted by atomic mass is 32.1. The van der Waals surface area contributed by atoms with E-state index in [9.17, 15) is 24.5 Å². The molecule has 5 rings (SSSR count). The van der Waals surface area contributed by atoms with E-state index in [1.54, 1.807) is 51.6 Å². The standard InChI is InChI=1S/C27H25N5O6S/c1-14(2)38-25(34)22-15(3)28-26-31(23(22)17-7-6-8-18(13-17)32(36)37)24(33)21(39-26)12-16-9-10-19-20(11-16)30(5)27(35)29(19)4/h6-14,23H,1-5H3/b21-12-/t23-/m1/s1. The maximum atomic E-state index is 13.8. The predicted molar refractivity (Wildman–Crippen MR) is 146 cm³/mol. The fourth-order valence-corrected chi connectivity index (χ4v) is 5.80. The first kappa shape index (κ1) is 26.0. The molecule has 1 aliphatic heterocycles. The number of fused-ring (bicyclic) bond motifs is 2. The van der Waals surface area contributed by atoms with Gasteiger partial charge in [-0.05, 0) is 50.1 Å². The van der Waals surface area contributed by atoms with E-state index in [4.69, 9.17) is 4.74 Å². The molecule has 39 heavy (non-hydrogen) atoms. The first-order chi connectivity index (χ1) is 18.5. The van der Waals surface area contributed by atoms with Gasteiger partial charge in [-0.25, -0.2) is 14.6 Å². The van der Waals surface area contributed by atoms with Gasteiger partial charge in [0.15, 0.2) is 4.80 Å². The lowest BCUT2D eigenvalue weighted by molar-refractivity contribution is -0.384. The minimum Gasteiger partial charge on any atom is -0.459 e. The second-order valence-electron chi connectivity index (χ2n) is 9.54. The van der Waals surface area contributed by atoms with E-state index in [2.05, 4.69) is 4.99 Å². The van der Waals surface area contributed by atoms with Gasteiger partial charge in [-0.3, -0.25) is 28.6 Å². The van der Waals surface area contributed by atoms with Crippen molar-refractivity contribution in [3.63, 3.8) is 0 Å². The first-order valence-electron chi connectivity index (χ1n) is 12.1. The minimum absolute atomic E-state index is 0.142. The normalized spacial score (nSPS) is 15.5. The second kappa shape index (κ2) is 9.62. The van der Waals surface area contributed by atoms with Gasteiger partial charge in [0.2, 0.25) is 0 Å². The number of aryl methyl sites for hydroxylation is 2. The number of carbonyl (C=O) groups is 1. The predicted octanol–water partition coefficient (Wildman–Crippen LogP) is 2.29. The molecule has 1 aliphatic rings. The number of nitrogens with zero attached hydrogens (tertiary/aromatic N) is 5. The number of hydrogen-bond donors (Lipinski definition) is 0. The Kier molecular flexibility index (Phi) is 6.43. The smallest absolute Gasteiger partial charge is 0.338 e. The highest BCUT2D eigenvalue weighted by Gasteiger charge is 2.34. The number of benzene rings is 2. The number of nitro groups is 1. The van der Waals surface area contributed by atoms with Gasteiger partial charge in [0.1, 0.15) is 0 Å². The fourth-order valence-electron chi connectivity index (χ4n) is 4.75. The molecule has 0 radical (unpaired) electrons. The third-order valence-electron chi connectivity index (χ3n) is 6.57. The molecule has 3 heterocycles. The highest BCUT2D eigenvalue weighted by molar-refractivity contribution is 7.07. The van der Waals surface area contributed by atoms with E-state index < -0.39 is 28.6 Å². The zero-order chi connectivity index (χ0) is 28.2. The fraction of sp³-hybridized carbons (Fsp3) is 0.259. The van der Waals surface area contributed by atoms with E-state index in [-0.39, 0.29) is 17.0 Å². The Morgan fingerprint density at radius 3 is 2.54 bits per heavy atom. The Balaban J connectivity index is 1.73. The van der Waals surface area contributed by atoms with Crippen LogP contribution in [0, 0.1) is 10.1 Å². The summed E-state index contributed by atoms with van der Waals surface area (Å²) in [4.78, 5) is 55.2. The Morgan fingerprint density at radius 2 is 1.85 bits per heavy atom. The van der Waals surface area contributed by atoms with Gasteiger partial charge < -0.3 is 4.74 Å². The summed E-state index contributed by atoms with van der Waals surface area (Å²) in [5, 5.41) is 11.5. The van der Waals surface area contributed by atoms with Crippen LogP contribution < -0.4 is 20.6 Å². The van der Waals surface area contributed by atoms with Crippen molar-refractivity contribution in [2.45, 2.75) is 32.9 Å². The summed E-state index contributed by atoms with van der Waals surface area (Å²) in [6.45, 7) is 5.08. The molecule has 0 spiro atoms. The molecular formula is C27H25N5O6S. The van der Waals surface area contributed by atoms with Gasteiger partial charge in [0.05, 0.1) is 43.9 Å². The zero-order valence-corrected chi connectivity index (χ0v) is 22.7. The van der Waals surface area contributed by atoms with Crippen LogP contribution in [0.15, 0.2) is 68.3 Å². The van der Waals surface area contributed by atoms with E-state index in [0.717, 1.165) is 16.9 Å². The van der Waals surface area contributed by atoms with Crippen LogP contribution in [0.3, 0.4) is 0 Å². The molecule has 0 saturated carbocycles. The lowest BCUT2D eigenvalue weighted by Gasteiger charge is -2.25. The Hall–Kier alpha value is -4.58. The van der Waals surface area contributed by atoms with Crippen molar-refractivity contribution >= 4 is 40.1 Å². The number of nitro benzene ring substituents is 1. The summed E-state index contributed by atoms with van der Waals surface area (Å²) in [6.07, 6.45) is 1.29. The number of ether oxygens (including phenoxy) is 1. The van der Waals surface area contributed by atoms with E-state index in [1.807, 2.05) is 18.2 Å². The molecule has 2 aromatic carbocycles. The second-order valence-corrected chi connectivity index (χ2v) is 10.5. The van der Waals surface area contributed by atoms with Crippen molar-refractivity contribution in [2.75, 3.05) is 0 Å². The number of carbonyl (C=O) groups excluding carboxylic acids is 1. The summed E-state index contributed by atoms with van der Waals surface area (Å²) in [6, 6.07) is 10.3. The van der Waals surface area contributed by atoms with Crippen molar-refractivity contribution in [2.24, 2.45) is 19.1 Å². The van der Waals surface area contributed by atoms with Crippen LogP contribution in [0.1, 0.15) is 37.9 Å². The number of allylic oxidation sites excluding steroid dienone is 1. The third kappa shape index (κ3) is 4.42. The summed E-state index contributed by atoms with van der Waals surface area (Å²) in [7, 11) is 3.38. The molecule has 12 heteroatoms. The van der Waals surface area contributed by atoms with Gasteiger partial charge >= 0.3 is 11.7 Å². The third-order valence-corrected chi connectivity index (χ3v) is 7.56.